The Labute approximate surface area is 76.2 Å². The van der Waals surface area contributed by atoms with Gasteiger partial charge in [0.15, 0.2) is 0 Å². The van der Waals surface area contributed by atoms with Crippen LogP contribution in [0.2, 0.25) is 0 Å². The van der Waals surface area contributed by atoms with Gasteiger partial charge in [0.1, 0.15) is 6.10 Å². The van der Waals surface area contributed by atoms with Crippen LogP contribution in [-0.4, -0.2) is 17.7 Å². The van der Waals surface area contributed by atoms with E-state index in [1.165, 1.54) is 6.42 Å². The molecule has 0 unspecified atom stereocenters. The lowest BCUT2D eigenvalue weighted by molar-refractivity contribution is 0.141. The van der Waals surface area contributed by atoms with Gasteiger partial charge in [0.05, 0.1) is 0 Å². The molecule has 1 aliphatic heterocycles. The summed E-state index contributed by atoms with van der Waals surface area (Å²) in [7, 11) is 0. The molecule has 1 saturated heterocycles. The van der Waals surface area contributed by atoms with Crippen LogP contribution in [0.25, 0.3) is 0 Å². The van der Waals surface area contributed by atoms with Gasteiger partial charge in [0.2, 0.25) is 0 Å². The lowest BCUT2D eigenvalue weighted by Crippen LogP contribution is -2.28. The second-order valence-electron chi connectivity index (χ2n) is 3.16. The number of rotatable bonds is 2. The number of hydrogen-bond donors (Lipinski definition) is 2. The van der Waals surface area contributed by atoms with Gasteiger partial charge in [-0.1, -0.05) is 6.07 Å². The molecule has 2 nitrogen and oxygen atoms in total. The molecular weight excluding hydrogens is 170 g/mol. The highest BCUT2D eigenvalue weighted by atomic mass is 32.1. The summed E-state index contributed by atoms with van der Waals surface area (Å²) in [5.74, 6) is 0. The largest absolute Gasteiger partial charge is 0.386 e. The Kier molecular flexibility index (Phi) is 2.44. The normalized spacial score (nSPS) is 25.9. The summed E-state index contributed by atoms with van der Waals surface area (Å²) in [6.45, 7) is 1.05. The van der Waals surface area contributed by atoms with Crippen LogP contribution in [0.5, 0.6) is 0 Å². The molecule has 1 aliphatic rings. The molecule has 0 radical (unpaired) electrons. The standard InChI is InChI=1S/C9H13NOS/c11-9(7-3-1-5-10-7)8-4-2-6-12-8/h2,4,6-7,9-11H,1,3,5H2/t7-,9-/m1/s1. The van der Waals surface area contributed by atoms with E-state index in [1.54, 1.807) is 11.3 Å². The van der Waals surface area contributed by atoms with Crippen LogP contribution >= 0.6 is 11.3 Å². The molecule has 0 bridgehead atoms. The summed E-state index contributed by atoms with van der Waals surface area (Å²) in [5, 5.41) is 15.2. The van der Waals surface area contributed by atoms with Crippen molar-refractivity contribution < 1.29 is 5.11 Å². The molecule has 2 rings (SSSR count). The van der Waals surface area contributed by atoms with Crippen molar-refractivity contribution in [2.75, 3.05) is 6.54 Å². The van der Waals surface area contributed by atoms with Crippen molar-refractivity contribution in [3.63, 3.8) is 0 Å². The molecule has 0 aromatic carbocycles. The van der Waals surface area contributed by atoms with E-state index in [4.69, 9.17) is 0 Å². The number of nitrogens with one attached hydrogen (secondary N) is 1. The fourth-order valence-electron chi connectivity index (χ4n) is 1.64. The average Bonchev–Trinajstić information content (AvgIpc) is 2.77. The maximum absolute atomic E-state index is 9.86. The first kappa shape index (κ1) is 8.23. The molecule has 12 heavy (non-hydrogen) atoms. The van der Waals surface area contributed by atoms with Gasteiger partial charge in [-0.25, -0.2) is 0 Å². The third-order valence-electron chi connectivity index (χ3n) is 2.31. The molecule has 0 amide bonds. The third-order valence-corrected chi connectivity index (χ3v) is 3.26. The summed E-state index contributed by atoms with van der Waals surface area (Å²) >= 11 is 1.63. The van der Waals surface area contributed by atoms with E-state index in [-0.39, 0.29) is 12.1 Å². The van der Waals surface area contributed by atoms with Crippen LogP contribution in [0.1, 0.15) is 23.8 Å². The molecule has 2 heterocycles. The minimum absolute atomic E-state index is 0.281. The number of aliphatic hydroxyl groups is 1. The lowest BCUT2D eigenvalue weighted by atomic mass is 10.1. The second kappa shape index (κ2) is 3.56. The topological polar surface area (TPSA) is 32.3 Å². The Morgan fingerprint density at radius 2 is 2.58 bits per heavy atom. The van der Waals surface area contributed by atoms with Gasteiger partial charge < -0.3 is 10.4 Å². The van der Waals surface area contributed by atoms with Gasteiger partial charge in [0, 0.05) is 10.9 Å². The van der Waals surface area contributed by atoms with Gasteiger partial charge in [-0.05, 0) is 30.8 Å². The summed E-state index contributed by atoms with van der Waals surface area (Å²) in [4.78, 5) is 1.08. The van der Waals surface area contributed by atoms with Crippen molar-refractivity contribution >= 4 is 11.3 Å². The van der Waals surface area contributed by atoms with Crippen LogP contribution in [0.3, 0.4) is 0 Å². The van der Waals surface area contributed by atoms with Gasteiger partial charge in [-0.2, -0.15) is 0 Å². The van der Waals surface area contributed by atoms with E-state index in [0.29, 0.717) is 0 Å². The number of thiophene rings is 1. The quantitative estimate of drug-likeness (QED) is 0.729. The molecular formula is C9H13NOS. The predicted molar refractivity (Wildman–Crippen MR) is 50.3 cm³/mol. The first-order valence-electron chi connectivity index (χ1n) is 4.33. The molecule has 2 atom stereocenters. The fraction of sp³-hybridized carbons (Fsp3) is 0.556. The Morgan fingerprint density at radius 3 is 3.17 bits per heavy atom. The predicted octanol–water partition coefficient (Wildman–Crippen LogP) is 1.53. The molecule has 1 aromatic rings. The zero-order valence-corrected chi connectivity index (χ0v) is 7.68. The van der Waals surface area contributed by atoms with Crippen molar-refractivity contribution in [2.45, 2.75) is 25.0 Å². The zero-order chi connectivity index (χ0) is 8.39. The minimum Gasteiger partial charge on any atom is -0.386 e. The van der Waals surface area contributed by atoms with E-state index in [1.807, 2.05) is 17.5 Å². The molecule has 0 saturated carbocycles. The summed E-state index contributed by atoms with van der Waals surface area (Å²) in [5.41, 5.74) is 0. The molecule has 1 fully saturated rings. The summed E-state index contributed by atoms with van der Waals surface area (Å²) < 4.78 is 0. The molecule has 1 aromatic heterocycles. The highest BCUT2D eigenvalue weighted by Crippen LogP contribution is 2.25. The Bertz CT molecular complexity index is 229. The molecule has 0 aliphatic carbocycles. The van der Waals surface area contributed by atoms with Crippen molar-refractivity contribution in [3.8, 4) is 0 Å². The van der Waals surface area contributed by atoms with Crippen LogP contribution in [0, 0.1) is 0 Å². The average molecular weight is 183 g/mol. The molecule has 66 valence electrons. The smallest absolute Gasteiger partial charge is 0.103 e. The zero-order valence-electron chi connectivity index (χ0n) is 6.86. The van der Waals surface area contributed by atoms with Crippen molar-refractivity contribution in [1.82, 2.24) is 5.32 Å². The Hall–Kier alpha value is -0.380. The summed E-state index contributed by atoms with van der Waals surface area (Å²) in [6.07, 6.45) is 1.99. The van der Waals surface area contributed by atoms with Crippen LogP contribution in [-0.2, 0) is 0 Å². The SMILES string of the molecule is O[C@@H](c1cccs1)[C@H]1CCCN1. The molecule has 0 spiro atoms. The van der Waals surface area contributed by atoms with Gasteiger partial charge >= 0.3 is 0 Å². The van der Waals surface area contributed by atoms with E-state index in [2.05, 4.69) is 5.32 Å². The first-order valence-corrected chi connectivity index (χ1v) is 5.21. The van der Waals surface area contributed by atoms with E-state index >= 15 is 0 Å². The number of aliphatic hydroxyl groups excluding tert-OH is 1. The summed E-state index contributed by atoms with van der Waals surface area (Å²) in [6, 6.07) is 4.26. The third kappa shape index (κ3) is 1.53. The highest BCUT2D eigenvalue weighted by molar-refractivity contribution is 7.10. The van der Waals surface area contributed by atoms with Crippen LogP contribution in [0.15, 0.2) is 17.5 Å². The van der Waals surface area contributed by atoms with Crippen LogP contribution < -0.4 is 5.32 Å². The monoisotopic (exact) mass is 183 g/mol. The van der Waals surface area contributed by atoms with Gasteiger partial charge in [0.25, 0.3) is 0 Å². The van der Waals surface area contributed by atoms with Gasteiger partial charge in [-0.15, -0.1) is 11.3 Å². The van der Waals surface area contributed by atoms with Crippen molar-refractivity contribution in [1.29, 1.82) is 0 Å². The fourth-order valence-corrected chi connectivity index (χ4v) is 2.41. The van der Waals surface area contributed by atoms with Crippen molar-refractivity contribution in [2.24, 2.45) is 0 Å². The second-order valence-corrected chi connectivity index (χ2v) is 4.14. The lowest BCUT2D eigenvalue weighted by Gasteiger charge is -2.16. The van der Waals surface area contributed by atoms with Gasteiger partial charge in [-0.3, -0.25) is 0 Å². The van der Waals surface area contributed by atoms with Crippen LogP contribution in [0.4, 0.5) is 0 Å². The maximum atomic E-state index is 9.86. The maximum Gasteiger partial charge on any atom is 0.103 e. The van der Waals surface area contributed by atoms with E-state index in [9.17, 15) is 5.11 Å². The molecule has 2 N–H and O–H groups in total. The first-order chi connectivity index (χ1) is 5.88. The minimum atomic E-state index is -0.299. The molecule has 3 heteroatoms. The van der Waals surface area contributed by atoms with E-state index in [0.717, 1.165) is 17.8 Å². The number of hydrogen-bond acceptors (Lipinski definition) is 3. The van der Waals surface area contributed by atoms with E-state index < -0.39 is 0 Å². The van der Waals surface area contributed by atoms with Crippen molar-refractivity contribution in [3.05, 3.63) is 22.4 Å². The highest BCUT2D eigenvalue weighted by Gasteiger charge is 2.24. The Morgan fingerprint density at radius 1 is 1.67 bits per heavy atom. The Balaban J connectivity index is 2.04.